The van der Waals surface area contributed by atoms with Crippen molar-refractivity contribution in [1.29, 1.82) is 0 Å². The predicted octanol–water partition coefficient (Wildman–Crippen LogP) is 4.48. The fourth-order valence-corrected chi connectivity index (χ4v) is 4.68. The Morgan fingerprint density at radius 2 is 1.86 bits per heavy atom. The molecule has 2 heterocycles. The number of hydrogen-bond acceptors (Lipinski definition) is 6. The summed E-state index contributed by atoms with van der Waals surface area (Å²) >= 11 is 1.20. The highest BCUT2D eigenvalue weighted by Gasteiger charge is 2.32. The molecule has 0 saturated carbocycles. The van der Waals surface area contributed by atoms with Crippen LogP contribution >= 0.6 is 11.8 Å². The molecule has 0 atom stereocenters. The van der Waals surface area contributed by atoms with E-state index in [9.17, 15) is 18.0 Å². The minimum absolute atomic E-state index is 0.0116. The average Bonchev–Trinajstić information content (AvgIpc) is 3.24. The van der Waals surface area contributed by atoms with Gasteiger partial charge in [0, 0.05) is 26.1 Å². The van der Waals surface area contributed by atoms with Gasteiger partial charge in [0.2, 0.25) is 5.91 Å². The number of carbonyl (C=O) groups is 1. The molecule has 2 aromatic carbocycles. The van der Waals surface area contributed by atoms with Crippen molar-refractivity contribution >= 4 is 29.0 Å². The minimum Gasteiger partial charge on any atom is -0.378 e. The first-order valence-electron chi connectivity index (χ1n) is 11.3. The average molecular weight is 506 g/mol. The van der Waals surface area contributed by atoms with Gasteiger partial charge >= 0.3 is 6.18 Å². The Hall–Kier alpha value is -3.05. The first kappa shape index (κ1) is 25.1. The lowest BCUT2D eigenvalue weighted by Gasteiger charge is -2.31. The van der Waals surface area contributed by atoms with Crippen LogP contribution in [-0.4, -0.2) is 52.7 Å². The molecular formula is C24H26F3N5O2S. The van der Waals surface area contributed by atoms with Gasteiger partial charge in [-0.05, 0) is 30.7 Å². The van der Waals surface area contributed by atoms with Crippen LogP contribution in [0.5, 0.6) is 0 Å². The van der Waals surface area contributed by atoms with Gasteiger partial charge in [-0.15, -0.1) is 10.2 Å². The van der Waals surface area contributed by atoms with Gasteiger partial charge in [0.15, 0.2) is 5.16 Å². The van der Waals surface area contributed by atoms with E-state index in [0.717, 1.165) is 23.5 Å². The summed E-state index contributed by atoms with van der Waals surface area (Å²) < 4.78 is 47.2. The standard InChI is InChI=1S/C24H26F3N5O2S/c1-2-32-21(14-17-6-4-3-5-7-17)29-30-23(32)35-16-22(33)28-19-15-18(24(25,26)27)8-9-20(19)31-10-12-34-13-11-31/h3-9,15H,2,10-14,16H2,1H3,(H,28,33). The fourth-order valence-electron chi connectivity index (χ4n) is 3.86. The lowest BCUT2D eigenvalue weighted by molar-refractivity contribution is -0.137. The van der Waals surface area contributed by atoms with Crippen LogP contribution in [0.25, 0.3) is 0 Å². The third kappa shape index (κ3) is 6.34. The zero-order chi connectivity index (χ0) is 24.8. The first-order valence-corrected chi connectivity index (χ1v) is 12.3. The summed E-state index contributed by atoms with van der Waals surface area (Å²) in [6.07, 6.45) is -3.90. The Bertz CT molecular complexity index is 1150. The maximum Gasteiger partial charge on any atom is 0.416 e. The minimum atomic E-state index is -4.51. The summed E-state index contributed by atoms with van der Waals surface area (Å²) in [5, 5.41) is 11.8. The van der Waals surface area contributed by atoms with E-state index in [1.807, 2.05) is 46.7 Å². The van der Waals surface area contributed by atoms with Crippen LogP contribution in [0, 0.1) is 0 Å². The number of morpholine rings is 1. The molecule has 1 aliphatic rings. The van der Waals surface area contributed by atoms with E-state index in [1.54, 1.807) is 0 Å². The number of hydrogen-bond donors (Lipinski definition) is 1. The van der Waals surface area contributed by atoms with Gasteiger partial charge in [-0.3, -0.25) is 4.79 Å². The summed E-state index contributed by atoms with van der Waals surface area (Å²) in [5.74, 6) is 0.357. The van der Waals surface area contributed by atoms with Crippen LogP contribution < -0.4 is 10.2 Å². The van der Waals surface area contributed by atoms with Gasteiger partial charge in [0.1, 0.15) is 5.82 Å². The van der Waals surface area contributed by atoms with Crippen LogP contribution in [-0.2, 0) is 28.7 Å². The molecule has 1 N–H and O–H groups in total. The van der Waals surface area contributed by atoms with E-state index in [0.29, 0.717) is 50.1 Å². The summed E-state index contributed by atoms with van der Waals surface area (Å²) in [6, 6.07) is 13.3. The van der Waals surface area contributed by atoms with Gasteiger partial charge in [0.25, 0.3) is 0 Å². The number of carbonyl (C=O) groups excluding carboxylic acids is 1. The van der Waals surface area contributed by atoms with E-state index >= 15 is 0 Å². The van der Waals surface area contributed by atoms with Gasteiger partial charge in [-0.25, -0.2) is 0 Å². The predicted molar refractivity (Wildman–Crippen MR) is 129 cm³/mol. The van der Waals surface area contributed by atoms with Crippen molar-refractivity contribution in [2.75, 3.05) is 42.3 Å². The number of halogens is 3. The molecular weight excluding hydrogens is 479 g/mol. The second kappa shape index (κ2) is 11.1. The van der Waals surface area contributed by atoms with Crippen molar-refractivity contribution < 1.29 is 22.7 Å². The summed E-state index contributed by atoms with van der Waals surface area (Å²) in [6.45, 7) is 4.62. The number of thioether (sulfide) groups is 1. The normalized spacial score (nSPS) is 14.2. The Kier molecular flexibility index (Phi) is 7.97. The molecule has 11 heteroatoms. The van der Waals surface area contributed by atoms with Gasteiger partial charge in [0.05, 0.1) is 35.9 Å². The highest BCUT2D eigenvalue weighted by atomic mass is 32.2. The summed E-state index contributed by atoms with van der Waals surface area (Å²) in [7, 11) is 0. The lowest BCUT2D eigenvalue weighted by Crippen LogP contribution is -2.37. The molecule has 0 spiro atoms. The van der Waals surface area contributed by atoms with Crippen LogP contribution in [0.2, 0.25) is 0 Å². The molecule has 1 saturated heterocycles. The first-order chi connectivity index (χ1) is 16.8. The fraction of sp³-hybridized carbons (Fsp3) is 0.375. The number of nitrogens with zero attached hydrogens (tertiary/aromatic N) is 4. The maximum atomic E-state index is 13.3. The number of aromatic nitrogens is 3. The Morgan fingerprint density at radius 1 is 1.11 bits per heavy atom. The van der Waals surface area contributed by atoms with Gasteiger partial charge in [-0.1, -0.05) is 42.1 Å². The molecule has 1 aliphatic heterocycles. The Morgan fingerprint density at radius 3 is 2.54 bits per heavy atom. The number of benzene rings is 2. The Balaban J connectivity index is 1.46. The van der Waals surface area contributed by atoms with Crippen molar-refractivity contribution in [1.82, 2.24) is 14.8 Å². The smallest absolute Gasteiger partial charge is 0.378 e. The lowest BCUT2D eigenvalue weighted by atomic mass is 10.1. The van der Waals surface area contributed by atoms with Crippen molar-refractivity contribution in [3.63, 3.8) is 0 Å². The molecule has 186 valence electrons. The molecule has 1 amide bonds. The highest BCUT2D eigenvalue weighted by molar-refractivity contribution is 7.99. The Labute approximate surface area is 205 Å². The summed E-state index contributed by atoms with van der Waals surface area (Å²) in [5.41, 5.74) is 0.966. The van der Waals surface area contributed by atoms with E-state index < -0.39 is 17.6 Å². The van der Waals surface area contributed by atoms with Crippen LogP contribution in [0.3, 0.4) is 0 Å². The zero-order valence-corrected chi connectivity index (χ0v) is 20.0. The molecule has 1 fully saturated rings. The van der Waals surface area contributed by atoms with Gasteiger partial charge < -0.3 is 19.5 Å². The SMILES string of the molecule is CCn1c(Cc2ccccc2)nnc1SCC(=O)Nc1cc(C(F)(F)F)ccc1N1CCOCC1. The molecule has 0 aliphatic carbocycles. The molecule has 0 unspecified atom stereocenters. The molecule has 0 radical (unpaired) electrons. The quantitative estimate of drug-likeness (QED) is 0.456. The molecule has 0 bridgehead atoms. The van der Waals surface area contributed by atoms with E-state index in [1.165, 1.54) is 17.8 Å². The maximum absolute atomic E-state index is 13.3. The number of amides is 1. The van der Waals surface area contributed by atoms with Gasteiger partial charge in [-0.2, -0.15) is 13.2 Å². The van der Waals surface area contributed by atoms with E-state index in [-0.39, 0.29) is 11.4 Å². The second-order valence-electron chi connectivity index (χ2n) is 7.97. The molecule has 4 rings (SSSR count). The summed E-state index contributed by atoms with van der Waals surface area (Å²) in [4.78, 5) is 14.7. The highest BCUT2D eigenvalue weighted by Crippen LogP contribution is 2.36. The van der Waals surface area contributed by atoms with Crippen molar-refractivity contribution in [3.8, 4) is 0 Å². The zero-order valence-electron chi connectivity index (χ0n) is 19.2. The number of ether oxygens (including phenoxy) is 1. The molecule has 35 heavy (non-hydrogen) atoms. The molecule has 3 aromatic rings. The third-order valence-electron chi connectivity index (χ3n) is 5.60. The van der Waals surface area contributed by atoms with Crippen LogP contribution in [0.1, 0.15) is 23.9 Å². The van der Waals surface area contributed by atoms with Crippen LogP contribution in [0.15, 0.2) is 53.7 Å². The number of nitrogens with one attached hydrogen (secondary N) is 1. The third-order valence-corrected chi connectivity index (χ3v) is 6.56. The molecule has 1 aromatic heterocycles. The number of alkyl halides is 3. The monoisotopic (exact) mass is 505 g/mol. The largest absolute Gasteiger partial charge is 0.416 e. The van der Waals surface area contributed by atoms with Crippen molar-refractivity contribution in [2.24, 2.45) is 0 Å². The second-order valence-corrected chi connectivity index (χ2v) is 8.91. The van der Waals surface area contributed by atoms with E-state index in [4.69, 9.17) is 4.74 Å². The van der Waals surface area contributed by atoms with Crippen molar-refractivity contribution in [3.05, 3.63) is 65.5 Å². The van der Waals surface area contributed by atoms with Crippen molar-refractivity contribution in [2.45, 2.75) is 31.2 Å². The van der Waals surface area contributed by atoms with Crippen LogP contribution in [0.4, 0.5) is 24.5 Å². The number of rotatable bonds is 8. The number of anilines is 2. The van der Waals surface area contributed by atoms with E-state index in [2.05, 4.69) is 15.5 Å². The topological polar surface area (TPSA) is 72.3 Å². The molecule has 7 nitrogen and oxygen atoms in total.